The first-order valence-corrected chi connectivity index (χ1v) is 8.19. The van der Waals surface area contributed by atoms with Crippen LogP contribution in [0.4, 0.5) is 0 Å². The van der Waals surface area contributed by atoms with Crippen molar-refractivity contribution in [1.82, 2.24) is 21.3 Å². The van der Waals surface area contributed by atoms with Crippen LogP contribution in [0.25, 0.3) is 0 Å². The van der Waals surface area contributed by atoms with Crippen molar-refractivity contribution < 1.29 is 19.2 Å². The fourth-order valence-corrected chi connectivity index (χ4v) is 3.05. The molecule has 2 atom stereocenters. The van der Waals surface area contributed by atoms with Crippen molar-refractivity contribution in [1.29, 1.82) is 0 Å². The van der Waals surface area contributed by atoms with Gasteiger partial charge in [0.25, 0.3) is 0 Å². The molecule has 1 aliphatic rings. The largest absolute Gasteiger partial charge is 0.357 e. The van der Waals surface area contributed by atoms with Gasteiger partial charge < -0.3 is 21.3 Å². The Bertz CT molecular complexity index is 444. The van der Waals surface area contributed by atoms with Gasteiger partial charge in [0.15, 0.2) is 0 Å². The fourth-order valence-electron chi connectivity index (χ4n) is 1.90. The van der Waals surface area contributed by atoms with Crippen molar-refractivity contribution >= 4 is 35.4 Å². The van der Waals surface area contributed by atoms with Gasteiger partial charge in [-0.2, -0.15) is 0 Å². The van der Waals surface area contributed by atoms with Crippen LogP contribution < -0.4 is 21.3 Å². The number of carbonyl (C=O) groups is 4. The van der Waals surface area contributed by atoms with Crippen LogP contribution in [0.1, 0.15) is 19.8 Å². The van der Waals surface area contributed by atoms with Crippen LogP contribution in [0, 0.1) is 0 Å². The van der Waals surface area contributed by atoms with Gasteiger partial charge >= 0.3 is 0 Å². The van der Waals surface area contributed by atoms with Crippen molar-refractivity contribution in [2.45, 2.75) is 31.1 Å². The van der Waals surface area contributed by atoms with Gasteiger partial charge in [-0.25, -0.2) is 0 Å². The smallest absolute Gasteiger partial charge is 0.243 e. The van der Waals surface area contributed by atoms with E-state index in [1.165, 1.54) is 18.8 Å². The maximum atomic E-state index is 11.9. The minimum absolute atomic E-state index is 0.0341. The van der Waals surface area contributed by atoms with Gasteiger partial charge in [-0.1, -0.05) is 0 Å². The molecule has 4 amide bonds. The lowest BCUT2D eigenvalue weighted by Gasteiger charge is -2.27. The van der Waals surface area contributed by atoms with Crippen LogP contribution in [-0.2, 0) is 19.2 Å². The summed E-state index contributed by atoms with van der Waals surface area (Å²) in [4.78, 5) is 46.3. The Morgan fingerprint density at radius 2 is 2.00 bits per heavy atom. The third-order valence-corrected chi connectivity index (χ3v) is 4.36. The van der Waals surface area contributed by atoms with Crippen LogP contribution in [0.2, 0.25) is 0 Å². The van der Waals surface area contributed by atoms with Crippen molar-refractivity contribution in [3.63, 3.8) is 0 Å². The molecule has 1 saturated heterocycles. The molecule has 8 nitrogen and oxygen atoms in total. The molecule has 0 aromatic heterocycles. The zero-order valence-corrected chi connectivity index (χ0v) is 13.5. The van der Waals surface area contributed by atoms with E-state index in [9.17, 15) is 19.2 Å². The van der Waals surface area contributed by atoms with Crippen LogP contribution in [-0.4, -0.2) is 60.8 Å². The van der Waals surface area contributed by atoms with E-state index in [1.807, 2.05) is 6.92 Å². The molecule has 124 valence electrons. The first-order chi connectivity index (χ1) is 10.5. The Balaban J connectivity index is 2.29. The number of nitrogens with one attached hydrogen (secondary N) is 4. The molecule has 0 aromatic carbocycles. The van der Waals surface area contributed by atoms with E-state index in [2.05, 4.69) is 21.3 Å². The Morgan fingerprint density at radius 1 is 1.27 bits per heavy atom. The molecule has 0 saturated carbocycles. The Hall–Kier alpha value is -1.77. The normalized spacial score (nSPS) is 20.7. The van der Waals surface area contributed by atoms with Gasteiger partial charge in [0, 0.05) is 38.7 Å². The van der Waals surface area contributed by atoms with Gasteiger partial charge in [0.05, 0.1) is 5.25 Å². The Labute approximate surface area is 133 Å². The van der Waals surface area contributed by atoms with Crippen LogP contribution in [0.15, 0.2) is 0 Å². The highest BCUT2D eigenvalue weighted by Crippen LogP contribution is 2.20. The second-order valence-corrected chi connectivity index (χ2v) is 5.99. The van der Waals surface area contributed by atoms with Gasteiger partial charge in [0.1, 0.15) is 6.04 Å². The molecule has 0 radical (unpaired) electrons. The molecule has 1 rings (SSSR count). The second kappa shape index (κ2) is 9.29. The topological polar surface area (TPSA) is 116 Å². The lowest BCUT2D eigenvalue weighted by molar-refractivity contribution is -0.129. The predicted octanol–water partition coefficient (Wildman–Crippen LogP) is -1.63. The molecule has 0 aliphatic carbocycles. The number of rotatable bonds is 7. The molecular formula is C13H22N4O4S. The van der Waals surface area contributed by atoms with Crippen LogP contribution in [0.5, 0.6) is 0 Å². The van der Waals surface area contributed by atoms with Gasteiger partial charge in [0.2, 0.25) is 23.6 Å². The Morgan fingerprint density at radius 3 is 2.59 bits per heavy atom. The molecular weight excluding hydrogens is 308 g/mol. The summed E-state index contributed by atoms with van der Waals surface area (Å²) >= 11 is 1.29. The monoisotopic (exact) mass is 330 g/mol. The van der Waals surface area contributed by atoms with Gasteiger partial charge in [-0.15, -0.1) is 11.8 Å². The van der Waals surface area contributed by atoms with E-state index in [4.69, 9.17) is 0 Å². The second-order valence-electron chi connectivity index (χ2n) is 4.75. The highest BCUT2D eigenvalue weighted by atomic mass is 32.2. The molecule has 1 fully saturated rings. The summed E-state index contributed by atoms with van der Waals surface area (Å²) in [7, 11) is 1.51. The van der Waals surface area contributed by atoms with E-state index < -0.39 is 11.3 Å². The molecule has 22 heavy (non-hydrogen) atoms. The summed E-state index contributed by atoms with van der Waals surface area (Å²) in [6.45, 7) is 2.62. The maximum absolute atomic E-state index is 11.9. The lowest BCUT2D eigenvalue weighted by atomic mass is 10.2. The van der Waals surface area contributed by atoms with Crippen LogP contribution in [0.3, 0.4) is 0 Å². The average molecular weight is 330 g/mol. The molecule has 0 spiro atoms. The van der Waals surface area contributed by atoms with Crippen molar-refractivity contribution in [2.75, 3.05) is 25.9 Å². The maximum Gasteiger partial charge on any atom is 0.243 e. The van der Waals surface area contributed by atoms with Gasteiger partial charge in [-0.3, -0.25) is 19.2 Å². The highest BCUT2D eigenvalue weighted by Gasteiger charge is 2.33. The van der Waals surface area contributed by atoms with E-state index >= 15 is 0 Å². The van der Waals surface area contributed by atoms with E-state index in [0.717, 1.165) is 0 Å². The molecule has 1 unspecified atom stereocenters. The molecule has 0 aromatic rings. The van der Waals surface area contributed by atoms with E-state index in [1.54, 1.807) is 0 Å². The average Bonchev–Trinajstić information content (AvgIpc) is 2.48. The summed E-state index contributed by atoms with van der Waals surface area (Å²) in [6.07, 6.45) is 0.245. The van der Waals surface area contributed by atoms with Crippen molar-refractivity contribution in [3.05, 3.63) is 0 Å². The number of likely N-dealkylation sites (N-methyl/N-ethyl adjacent to an activating group) is 1. The molecule has 1 heterocycles. The number of hydrogen-bond acceptors (Lipinski definition) is 5. The van der Waals surface area contributed by atoms with Gasteiger partial charge in [-0.05, 0) is 6.92 Å². The van der Waals surface area contributed by atoms with E-state index in [-0.39, 0.29) is 43.0 Å². The number of carbonyl (C=O) groups excluding carboxylic acids is 4. The van der Waals surface area contributed by atoms with E-state index in [0.29, 0.717) is 12.3 Å². The summed E-state index contributed by atoms with van der Waals surface area (Å²) in [5, 5.41) is 9.81. The standard InChI is InChI=1S/C13H22N4O4S/c1-3-15-10(18)4-5-16-11(19)6-9-13(21)17-8(7-22-9)12(20)14-2/h8-9H,3-7H2,1-2H3,(H,14,20)(H,15,18)(H,16,19)(H,17,21)/t8-,9?/m1/s1. The fraction of sp³-hybridized carbons (Fsp3) is 0.692. The number of thioether (sulfide) groups is 1. The number of amides is 4. The van der Waals surface area contributed by atoms with Crippen molar-refractivity contribution in [2.24, 2.45) is 0 Å². The molecule has 9 heteroatoms. The quantitative estimate of drug-likeness (QED) is 0.447. The summed E-state index contributed by atoms with van der Waals surface area (Å²) in [5.41, 5.74) is 0. The minimum Gasteiger partial charge on any atom is -0.357 e. The summed E-state index contributed by atoms with van der Waals surface area (Å²) < 4.78 is 0. The molecule has 0 bridgehead atoms. The predicted molar refractivity (Wildman–Crippen MR) is 83.2 cm³/mol. The third kappa shape index (κ3) is 5.92. The molecule has 1 aliphatic heterocycles. The first-order valence-electron chi connectivity index (χ1n) is 7.14. The van der Waals surface area contributed by atoms with Crippen LogP contribution >= 0.6 is 11.8 Å². The lowest BCUT2D eigenvalue weighted by Crippen LogP contribution is -2.54. The third-order valence-electron chi connectivity index (χ3n) is 3.05. The Kier molecular flexibility index (Phi) is 7.72. The zero-order valence-electron chi connectivity index (χ0n) is 12.7. The van der Waals surface area contributed by atoms with Crippen molar-refractivity contribution in [3.8, 4) is 0 Å². The summed E-state index contributed by atoms with van der Waals surface area (Å²) in [5.74, 6) is -0.534. The highest BCUT2D eigenvalue weighted by molar-refractivity contribution is 8.00. The molecule has 4 N–H and O–H groups in total. The minimum atomic E-state index is -0.556. The SMILES string of the molecule is CCNC(=O)CCNC(=O)CC1SC[C@H](C(=O)NC)NC1=O. The number of hydrogen-bond donors (Lipinski definition) is 4. The first kappa shape index (κ1) is 18.3. The summed E-state index contributed by atoms with van der Waals surface area (Å²) in [6, 6.07) is -0.556. The zero-order chi connectivity index (χ0) is 16.5.